The fraction of sp³-hybridized carbons (Fsp3) is 0.296. The molecule has 0 spiro atoms. The van der Waals surface area contributed by atoms with Gasteiger partial charge >= 0.3 is 0 Å². The number of carbonyl (C=O) groups excluding carboxylic acids is 1. The number of likely N-dealkylation sites (tertiary alicyclic amines) is 1. The summed E-state index contributed by atoms with van der Waals surface area (Å²) in [6, 6.07) is 15.5. The molecule has 38 heavy (non-hydrogen) atoms. The number of morpholine rings is 1. The summed E-state index contributed by atoms with van der Waals surface area (Å²) in [5.74, 6) is 0.699. The molecule has 11 heteroatoms. The molecule has 0 radical (unpaired) electrons. The number of hydrogen-bond donors (Lipinski definition) is 1. The van der Waals surface area contributed by atoms with Crippen LogP contribution >= 0.6 is 11.6 Å². The Morgan fingerprint density at radius 3 is 2.76 bits per heavy atom. The van der Waals surface area contributed by atoms with Gasteiger partial charge in [-0.2, -0.15) is 4.68 Å². The lowest BCUT2D eigenvalue weighted by Gasteiger charge is -2.31. The normalized spacial score (nSPS) is 20.4. The molecule has 6 rings (SSSR count). The van der Waals surface area contributed by atoms with Gasteiger partial charge in [0.15, 0.2) is 0 Å². The lowest BCUT2D eigenvalue weighted by molar-refractivity contribution is -0.127. The van der Waals surface area contributed by atoms with Gasteiger partial charge in [-0.05, 0) is 46.7 Å². The van der Waals surface area contributed by atoms with E-state index in [1.54, 1.807) is 29.0 Å². The second-order valence-electron chi connectivity index (χ2n) is 9.38. The fourth-order valence-corrected chi connectivity index (χ4v) is 5.37. The van der Waals surface area contributed by atoms with Crippen molar-refractivity contribution in [2.24, 2.45) is 0 Å². The number of nitrogens with zero attached hydrogens (tertiary/aromatic N) is 7. The van der Waals surface area contributed by atoms with Gasteiger partial charge < -0.3 is 14.6 Å². The molecule has 2 aliphatic heterocycles. The Kier molecular flexibility index (Phi) is 7.00. The highest BCUT2D eigenvalue weighted by atomic mass is 35.5. The van der Waals surface area contributed by atoms with Crippen molar-refractivity contribution in [3.05, 3.63) is 83.5 Å². The first-order chi connectivity index (χ1) is 18.7. The van der Waals surface area contributed by atoms with E-state index < -0.39 is 0 Å². The molecule has 4 heterocycles. The maximum absolute atomic E-state index is 13.7. The van der Waals surface area contributed by atoms with E-state index in [0.717, 1.165) is 47.8 Å². The minimum absolute atomic E-state index is 0.0916. The number of tetrazole rings is 1. The van der Waals surface area contributed by atoms with Crippen LogP contribution in [0.3, 0.4) is 0 Å². The van der Waals surface area contributed by atoms with Crippen molar-refractivity contribution in [3.8, 4) is 16.9 Å². The molecule has 2 aromatic heterocycles. The summed E-state index contributed by atoms with van der Waals surface area (Å²) < 4.78 is 7.10. The number of aromatic nitrogens is 6. The zero-order valence-electron chi connectivity index (χ0n) is 20.7. The summed E-state index contributed by atoms with van der Waals surface area (Å²) in [5.41, 5.74) is 3.46. The predicted molar refractivity (Wildman–Crippen MR) is 142 cm³/mol. The largest absolute Gasteiger partial charge is 0.379 e. The van der Waals surface area contributed by atoms with Crippen molar-refractivity contribution in [2.75, 3.05) is 32.8 Å². The van der Waals surface area contributed by atoms with Crippen LogP contribution in [-0.2, 0) is 9.53 Å². The molecule has 2 atom stereocenters. The summed E-state index contributed by atoms with van der Waals surface area (Å²) in [5, 5.41) is 12.0. The van der Waals surface area contributed by atoms with E-state index in [9.17, 15) is 4.79 Å². The first-order valence-corrected chi connectivity index (χ1v) is 13.0. The number of rotatable bonds is 6. The lowest BCUT2D eigenvalue weighted by atomic mass is 10.1. The van der Waals surface area contributed by atoms with E-state index in [2.05, 4.69) is 25.4 Å². The molecule has 0 aliphatic carbocycles. The zero-order chi connectivity index (χ0) is 25.9. The molecule has 10 nitrogen and oxygen atoms in total. The molecule has 1 N–H and O–H groups in total. The first kappa shape index (κ1) is 24.5. The van der Waals surface area contributed by atoms with Gasteiger partial charge in [0, 0.05) is 42.3 Å². The van der Waals surface area contributed by atoms with Crippen LogP contribution in [0.25, 0.3) is 23.0 Å². The lowest BCUT2D eigenvalue weighted by Crippen LogP contribution is -2.45. The molecule has 0 bridgehead atoms. The summed E-state index contributed by atoms with van der Waals surface area (Å²) in [4.78, 5) is 26.2. The van der Waals surface area contributed by atoms with Crippen molar-refractivity contribution < 1.29 is 9.53 Å². The molecule has 4 aromatic rings. The Labute approximate surface area is 224 Å². The highest BCUT2D eigenvalue weighted by Gasteiger charge is 2.40. The van der Waals surface area contributed by atoms with Crippen LogP contribution in [0.2, 0.25) is 5.02 Å². The van der Waals surface area contributed by atoms with Gasteiger partial charge in [-0.3, -0.25) is 9.69 Å². The summed E-state index contributed by atoms with van der Waals surface area (Å²) in [6.07, 6.45) is 7.51. The maximum Gasteiger partial charge on any atom is 0.247 e. The first-order valence-electron chi connectivity index (χ1n) is 12.6. The van der Waals surface area contributed by atoms with Gasteiger partial charge in [0.05, 0.1) is 36.8 Å². The molecule has 2 aliphatic rings. The third-order valence-electron chi connectivity index (χ3n) is 7.11. The Hall–Kier alpha value is -3.86. The average molecular weight is 531 g/mol. The van der Waals surface area contributed by atoms with Crippen LogP contribution < -0.4 is 0 Å². The van der Waals surface area contributed by atoms with Crippen molar-refractivity contribution in [3.63, 3.8) is 0 Å². The minimum Gasteiger partial charge on any atom is -0.379 e. The van der Waals surface area contributed by atoms with Gasteiger partial charge in [0.25, 0.3) is 0 Å². The van der Waals surface area contributed by atoms with E-state index in [1.807, 2.05) is 47.5 Å². The van der Waals surface area contributed by atoms with Crippen LogP contribution in [0, 0.1) is 0 Å². The van der Waals surface area contributed by atoms with Gasteiger partial charge in [-0.25, -0.2) is 4.98 Å². The number of imidazole rings is 1. The topological polar surface area (TPSA) is 105 Å². The number of H-pyrrole nitrogens is 1. The van der Waals surface area contributed by atoms with Crippen molar-refractivity contribution in [2.45, 2.75) is 18.5 Å². The second kappa shape index (κ2) is 10.9. The monoisotopic (exact) mass is 530 g/mol. The van der Waals surface area contributed by atoms with Crippen LogP contribution in [0.5, 0.6) is 0 Å². The number of amides is 1. The number of carbonyl (C=O) groups is 1. The molecule has 2 aromatic carbocycles. The fourth-order valence-electron chi connectivity index (χ4n) is 5.19. The average Bonchev–Trinajstić information content (AvgIpc) is 3.74. The number of benzene rings is 2. The standard InChI is InChI=1S/C27H27ClN8O2/c28-21-7-8-24(36-18-30-32-33-36)20(14-21)6-9-26(37)35-17-22(34-10-12-38-13-11-34)15-25(35)27-29-16-23(31-27)19-4-2-1-3-5-19/h1-9,14,16,18,22,25H,10-13,15,17H2,(H,29,31)/b9-6+/t22-,25-/m0/s1. The summed E-state index contributed by atoms with van der Waals surface area (Å²) in [6.45, 7) is 3.76. The third-order valence-corrected chi connectivity index (χ3v) is 7.35. The van der Waals surface area contributed by atoms with E-state index in [-0.39, 0.29) is 18.0 Å². The van der Waals surface area contributed by atoms with Gasteiger partial charge in [0.2, 0.25) is 5.91 Å². The minimum atomic E-state index is -0.171. The molecule has 1 amide bonds. The van der Waals surface area contributed by atoms with Gasteiger partial charge in [0.1, 0.15) is 12.2 Å². The Morgan fingerprint density at radius 2 is 1.97 bits per heavy atom. The highest BCUT2D eigenvalue weighted by molar-refractivity contribution is 6.30. The predicted octanol–water partition coefficient (Wildman–Crippen LogP) is 3.39. The van der Waals surface area contributed by atoms with Crippen LogP contribution in [-0.4, -0.2) is 84.8 Å². The van der Waals surface area contributed by atoms with Crippen molar-refractivity contribution >= 4 is 23.6 Å². The molecular formula is C27H27ClN8O2. The third kappa shape index (κ3) is 5.10. The Bertz CT molecular complexity index is 1420. The number of halogens is 1. The van der Waals surface area contributed by atoms with E-state index in [1.165, 1.54) is 6.33 Å². The molecular weight excluding hydrogens is 504 g/mol. The second-order valence-corrected chi connectivity index (χ2v) is 9.82. The van der Waals surface area contributed by atoms with E-state index >= 15 is 0 Å². The van der Waals surface area contributed by atoms with Crippen molar-refractivity contribution in [1.29, 1.82) is 0 Å². The van der Waals surface area contributed by atoms with Crippen molar-refractivity contribution in [1.82, 2.24) is 40.0 Å². The number of ether oxygens (including phenoxy) is 1. The molecule has 0 unspecified atom stereocenters. The molecule has 2 fully saturated rings. The number of nitrogens with one attached hydrogen (secondary N) is 1. The maximum atomic E-state index is 13.7. The summed E-state index contributed by atoms with van der Waals surface area (Å²) in [7, 11) is 0. The molecule has 0 saturated carbocycles. The summed E-state index contributed by atoms with van der Waals surface area (Å²) >= 11 is 6.26. The van der Waals surface area contributed by atoms with E-state index in [0.29, 0.717) is 24.8 Å². The quantitative estimate of drug-likeness (QED) is 0.381. The Morgan fingerprint density at radius 1 is 1.13 bits per heavy atom. The van der Waals surface area contributed by atoms with Crippen LogP contribution in [0.1, 0.15) is 23.9 Å². The highest BCUT2D eigenvalue weighted by Crippen LogP contribution is 2.35. The van der Waals surface area contributed by atoms with Crippen LogP contribution in [0.15, 0.2) is 67.1 Å². The smallest absolute Gasteiger partial charge is 0.247 e. The van der Waals surface area contributed by atoms with E-state index in [4.69, 9.17) is 21.3 Å². The van der Waals surface area contributed by atoms with Gasteiger partial charge in [-0.1, -0.05) is 41.9 Å². The zero-order valence-corrected chi connectivity index (χ0v) is 21.4. The number of hydrogen-bond acceptors (Lipinski definition) is 7. The molecule has 2 saturated heterocycles. The van der Waals surface area contributed by atoms with Gasteiger partial charge in [-0.15, -0.1) is 5.10 Å². The SMILES string of the molecule is O=C(/C=C/c1cc(Cl)ccc1-n1cnnn1)N1C[C@@H](N2CCOCC2)C[C@H]1c1ncc(-c2ccccc2)[nH]1. The Balaban J connectivity index is 1.28. The number of aromatic amines is 1. The van der Waals surface area contributed by atoms with Crippen LogP contribution in [0.4, 0.5) is 0 Å². The molecule has 194 valence electrons.